The molecule has 0 aromatic heterocycles. The molecule has 1 aromatic rings. The van der Waals surface area contributed by atoms with Crippen LogP contribution in [0.3, 0.4) is 0 Å². The molecule has 0 nitrogen and oxygen atoms in total. The van der Waals surface area contributed by atoms with Gasteiger partial charge in [0.2, 0.25) is 0 Å². The van der Waals surface area contributed by atoms with Gasteiger partial charge < -0.3 is 0 Å². The average Bonchev–Trinajstić information content (AvgIpc) is 2.82. The van der Waals surface area contributed by atoms with Gasteiger partial charge in [-0.15, -0.1) is 0 Å². The molecule has 1 rings (SSSR count). The summed E-state index contributed by atoms with van der Waals surface area (Å²) in [5.41, 5.74) is 9.55. The van der Waals surface area contributed by atoms with E-state index in [0.29, 0.717) is 11.8 Å². The van der Waals surface area contributed by atoms with E-state index in [-0.39, 0.29) is 0 Å². The van der Waals surface area contributed by atoms with Gasteiger partial charge in [0, 0.05) is 0 Å². The molecule has 0 aliphatic rings. The number of allylic oxidation sites excluding steroid dienone is 6. The molecule has 0 saturated carbocycles. The molecular formula is C32H52. The zero-order valence-corrected chi connectivity index (χ0v) is 22.9. The van der Waals surface area contributed by atoms with Crippen molar-refractivity contribution in [2.24, 2.45) is 17.8 Å². The minimum atomic E-state index is 0.574. The van der Waals surface area contributed by atoms with Gasteiger partial charge in [0.05, 0.1) is 0 Å². The minimum Gasteiger partial charge on any atom is -0.0781 e. The first kappa shape index (κ1) is 28.5. The lowest BCUT2D eigenvalue weighted by Gasteiger charge is -2.25. The van der Waals surface area contributed by atoms with E-state index in [2.05, 4.69) is 98.7 Å². The molecule has 0 amide bonds. The molecule has 0 heteroatoms. The molecule has 3 unspecified atom stereocenters. The van der Waals surface area contributed by atoms with Gasteiger partial charge in [-0.3, -0.25) is 0 Å². The van der Waals surface area contributed by atoms with Crippen molar-refractivity contribution in [1.82, 2.24) is 0 Å². The highest BCUT2D eigenvalue weighted by molar-refractivity contribution is 5.25. The van der Waals surface area contributed by atoms with Crippen LogP contribution < -0.4 is 0 Å². The van der Waals surface area contributed by atoms with Crippen LogP contribution in [0.2, 0.25) is 0 Å². The second-order valence-corrected chi connectivity index (χ2v) is 10.2. The largest absolute Gasteiger partial charge is 0.0781 e. The van der Waals surface area contributed by atoms with Crippen LogP contribution in [-0.2, 0) is 6.42 Å². The average molecular weight is 437 g/mol. The molecule has 0 spiro atoms. The third kappa shape index (κ3) is 9.51. The predicted octanol–water partition coefficient (Wildman–Crippen LogP) is 10.5. The highest BCUT2D eigenvalue weighted by Crippen LogP contribution is 2.33. The van der Waals surface area contributed by atoms with Crippen molar-refractivity contribution < 1.29 is 0 Å². The Morgan fingerprint density at radius 2 is 1.41 bits per heavy atom. The van der Waals surface area contributed by atoms with Crippen molar-refractivity contribution in [1.29, 1.82) is 0 Å². The second kappa shape index (κ2) is 15.3. The maximum Gasteiger partial charge on any atom is -0.00205 e. The molecule has 0 heterocycles. The normalized spacial score (nSPS) is 16.8. The Balaban J connectivity index is 3.17. The molecule has 0 fully saturated rings. The van der Waals surface area contributed by atoms with E-state index in [4.69, 9.17) is 0 Å². The fraction of sp³-hybridized carbons (Fsp3) is 0.625. The Labute approximate surface area is 201 Å². The molecule has 0 radical (unpaired) electrons. The monoisotopic (exact) mass is 436 g/mol. The van der Waals surface area contributed by atoms with Crippen molar-refractivity contribution >= 4 is 0 Å². The van der Waals surface area contributed by atoms with Crippen LogP contribution in [0.5, 0.6) is 0 Å². The Hall–Kier alpha value is -1.56. The summed E-state index contributed by atoms with van der Waals surface area (Å²) in [6.07, 6.45) is 12.3. The van der Waals surface area contributed by atoms with E-state index in [0.717, 1.165) is 12.3 Å². The molecule has 0 N–H and O–H groups in total. The van der Waals surface area contributed by atoms with Crippen LogP contribution in [0.15, 0.2) is 64.3 Å². The molecule has 0 aliphatic heterocycles. The van der Waals surface area contributed by atoms with Crippen molar-refractivity contribution in [3.8, 4) is 0 Å². The number of hydrogen-bond donors (Lipinski definition) is 0. The minimum absolute atomic E-state index is 0.574. The van der Waals surface area contributed by atoms with Crippen LogP contribution >= 0.6 is 0 Å². The lowest BCUT2D eigenvalue weighted by atomic mass is 9.80. The van der Waals surface area contributed by atoms with E-state index in [1.807, 2.05) is 0 Å². The molecule has 0 aliphatic carbocycles. The Bertz CT molecular complexity index is 744. The van der Waals surface area contributed by atoms with Crippen molar-refractivity contribution in [2.75, 3.05) is 0 Å². The van der Waals surface area contributed by atoms with Gasteiger partial charge >= 0.3 is 0 Å². The highest BCUT2D eigenvalue weighted by Gasteiger charge is 2.18. The number of rotatable bonds is 14. The zero-order chi connectivity index (χ0) is 24.1. The Morgan fingerprint density at radius 1 is 0.781 bits per heavy atom. The van der Waals surface area contributed by atoms with Gasteiger partial charge in [0.1, 0.15) is 0 Å². The molecule has 1 aromatic carbocycles. The third-order valence-corrected chi connectivity index (χ3v) is 7.76. The lowest BCUT2D eigenvalue weighted by Crippen LogP contribution is -2.11. The predicted molar refractivity (Wildman–Crippen MR) is 146 cm³/mol. The molecule has 180 valence electrons. The topological polar surface area (TPSA) is 0 Å². The summed E-state index contributed by atoms with van der Waals surface area (Å²) in [7, 11) is 0. The smallest absolute Gasteiger partial charge is 0.00205 e. The fourth-order valence-corrected chi connectivity index (χ4v) is 4.66. The van der Waals surface area contributed by atoms with Crippen molar-refractivity contribution in [3.63, 3.8) is 0 Å². The van der Waals surface area contributed by atoms with Gasteiger partial charge in [0.25, 0.3) is 0 Å². The second-order valence-electron chi connectivity index (χ2n) is 10.2. The molecule has 32 heavy (non-hydrogen) atoms. The number of hydrogen-bond acceptors (Lipinski definition) is 0. The summed E-state index contributed by atoms with van der Waals surface area (Å²) in [6, 6.07) is 11.0. The Kier molecular flexibility index (Phi) is 13.6. The maximum atomic E-state index is 2.64. The van der Waals surface area contributed by atoms with Crippen LogP contribution in [0.1, 0.15) is 113 Å². The Morgan fingerprint density at radius 3 is 1.94 bits per heavy atom. The summed E-state index contributed by atoms with van der Waals surface area (Å²) < 4.78 is 0. The van der Waals surface area contributed by atoms with Gasteiger partial charge in [0.15, 0.2) is 0 Å². The van der Waals surface area contributed by atoms with Gasteiger partial charge in [-0.2, -0.15) is 0 Å². The molecule has 0 saturated heterocycles. The fourth-order valence-electron chi connectivity index (χ4n) is 4.66. The third-order valence-electron chi connectivity index (χ3n) is 7.76. The van der Waals surface area contributed by atoms with E-state index < -0.39 is 0 Å². The van der Waals surface area contributed by atoms with E-state index in [9.17, 15) is 0 Å². The molecular weight excluding hydrogens is 384 g/mol. The van der Waals surface area contributed by atoms with E-state index >= 15 is 0 Å². The van der Waals surface area contributed by atoms with Crippen LogP contribution in [0.25, 0.3) is 0 Å². The SMILES string of the molecule is CCC(C)=C(C)CCC(C)=C(CC(C)CC)C(C=C(C)C(CC)Cc1ccccc1)CC. The van der Waals surface area contributed by atoms with Crippen molar-refractivity contribution in [2.45, 2.75) is 114 Å². The number of benzene rings is 1. The van der Waals surface area contributed by atoms with Gasteiger partial charge in [-0.1, -0.05) is 105 Å². The standard InChI is InChI=1S/C32H52/c1-10-24(5)21-32(27(8)20-19-26(7)25(6)11-2)31(13-4)22-28(9)30(12-3)23-29-17-15-14-16-18-29/h14-18,22,24,30-31H,10-13,19-21,23H2,1-9H3. The first-order valence-electron chi connectivity index (χ1n) is 13.3. The van der Waals surface area contributed by atoms with E-state index in [1.54, 1.807) is 27.9 Å². The molecule has 0 bridgehead atoms. The van der Waals surface area contributed by atoms with Crippen LogP contribution in [-0.4, -0.2) is 0 Å². The van der Waals surface area contributed by atoms with Crippen LogP contribution in [0, 0.1) is 17.8 Å². The summed E-state index contributed by atoms with van der Waals surface area (Å²) >= 11 is 0. The summed E-state index contributed by atoms with van der Waals surface area (Å²) in [6.45, 7) is 21.2. The summed E-state index contributed by atoms with van der Waals surface area (Å²) in [4.78, 5) is 0. The quantitative estimate of drug-likeness (QED) is 0.254. The van der Waals surface area contributed by atoms with Crippen molar-refractivity contribution in [3.05, 3.63) is 69.8 Å². The highest BCUT2D eigenvalue weighted by atomic mass is 14.2. The first-order valence-corrected chi connectivity index (χ1v) is 13.3. The molecule has 3 atom stereocenters. The summed E-state index contributed by atoms with van der Waals surface area (Å²) in [5.74, 6) is 1.96. The van der Waals surface area contributed by atoms with Gasteiger partial charge in [-0.05, 0) is 96.0 Å². The maximum absolute atomic E-state index is 2.64. The van der Waals surface area contributed by atoms with Gasteiger partial charge in [-0.25, -0.2) is 0 Å². The van der Waals surface area contributed by atoms with E-state index in [1.165, 1.54) is 50.5 Å². The van der Waals surface area contributed by atoms with Crippen LogP contribution in [0.4, 0.5) is 0 Å². The summed E-state index contributed by atoms with van der Waals surface area (Å²) in [5, 5.41) is 0. The lowest BCUT2D eigenvalue weighted by molar-refractivity contribution is 0.512. The first-order chi connectivity index (χ1) is 15.3. The zero-order valence-electron chi connectivity index (χ0n) is 22.9.